The zero-order valence-electron chi connectivity index (χ0n) is 12.3. The van der Waals surface area contributed by atoms with E-state index in [1.54, 1.807) is 0 Å². The Balaban J connectivity index is 0.00000162. The van der Waals surface area contributed by atoms with Gasteiger partial charge in [-0.15, -0.1) is 0 Å². The molecular formula is C13H22O4Y2-2. The number of rotatable bonds is 2. The van der Waals surface area contributed by atoms with Gasteiger partial charge >= 0.3 is 0 Å². The molecule has 0 aromatic carbocycles. The molecule has 0 aromatic rings. The molecule has 2 fully saturated rings. The first kappa shape index (κ1) is 21.0. The average Bonchev–Trinajstić information content (AvgIpc) is 2.30. The molecule has 6 heteroatoms. The molecule has 0 aliphatic carbocycles. The average molecular weight is 420 g/mol. The van der Waals surface area contributed by atoms with Gasteiger partial charge in [-0.1, -0.05) is 0 Å². The molecule has 2 rings (SSSR count). The minimum absolute atomic E-state index is 0. The van der Waals surface area contributed by atoms with E-state index < -0.39 is 0 Å². The first-order valence-electron chi connectivity index (χ1n) is 6.09. The number of ether oxygens (including phenoxy) is 4. The van der Waals surface area contributed by atoms with E-state index >= 15 is 0 Å². The van der Waals surface area contributed by atoms with Crippen LogP contribution in [0.25, 0.3) is 0 Å². The summed E-state index contributed by atoms with van der Waals surface area (Å²) in [4.78, 5) is 0. The Morgan fingerprint density at radius 3 is 1.16 bits per heavy atom. The monoisotopic (exact) mass is 420 g/mol. The van der Waals surface area contributed by atoms with Crippen molar-refractivity contribution in [1.29, 1.82) is 0 Å². The molecule has 0 amide bonds. The van der Waals surface area contributed by atoms with E-state index in [0.717, 1.165) is 11.8 Å². The quantitative estimate of drug-likeness (QED) is 0.641. The third-order valence-electron chi connectivity index (χ3n) is 3.11. The van der Waals surface area contributed by atoms with Crippen LogP contribution in [0.3, 0.4) is 0 Å². The van der Waals surface area contributed by atoms with Crippen LogP contribution in [0.1, 0.15) is 27.7 Å². The van der Waals surface area contributed by atoms with Crippen LogP contribution in [0.5, 0.6) is 0 Å². The number of hydrogen-bond acceptors (Lipinski definition) is 4. The van der Waals surface area contributed by atoms with Gasteiger partial charge in [-0.3, -0.25) is 11.8 Å². The van der Waals surface area contributed by atoms with Crippen LogP contribution in [0.15, 0.2) is 0 Å². The summed E-state index contributed by atoms with van der Waals surface area (Å²) >= 11 is 0. The molecule has 2 saturated heterocycles. The topological polar surface area (TPSA) is 36.9 Å². The summed E-state index contributed by atoms with van der Waals surface area (Å²) in [6.07, 6.45) is -0.337. The SMILES string of the molecule is C[C-](C)C1OCC2(CO1)COC([C-](C)C)OC2.[Y].[Y]. The van der Waals surface area contributed by atoms with Crippen LogP contribution in [-0.2, 0) is 84.4 Å². The minimum Gasteiger partial charge on any atom is -0.382 e. The van der Waals surface area contributed by atoms with Gasteiger partial charge in [-0.25, -0.2) is 0 Å². The predicted octanol–water partition coefficient (Wildman–Crippen LogP) is 1.94. The van der Waals surface area contributed by atoms with Gasteiger partial charge in [0.1, 0.15) is 0 Å². The normalized spacial score (nSPS) is 35.1. The van der Waals surface area contributed by atoms with Gasteiger partial charge in [0, 0.05) is 78.0 Å². The molecule has 0 aromatic heterocycles. The standard InChI is InChI=1S/C13H22O4.2Y/c1-9(2)11-14-5-13(6-15-11)7-16-12(10(3)4)17-8-13;;/h11-12H,5-8H2,1-4H3;;/q-2;;. The Kier molecular flexibility index (Phi) is 10.2. The smallest absolute Gasteiger partial charge is 0.0637 e. The minimum atomic E-state index is -0.169. The van der Waals surface area contributed by atoms with E-state index in [2.05, 4.69) is 0 Å². The van der Waals surface area contributed by atoms with Gasteiger partial charge in [-0.05, 0) is 0 Å². The Hall–Kier alpha value is 2.05. The molecule has 2 heterocycles. The summed E-state index contributed by atoms with van der Waals surface area (Å²) in [5.41, 5.74) is -0.127. The second-order valence-corrected chi connectivity index (χ2v) is 5.56. The Labute approximate surface area is 166 Å². The van der Waals surface area contributed by atoms with Crippen LogP contribution in [-0.4, -0.2) is 39.0 Å². The van der Waals surface area contributed by atoms with Crippen LogP contribution < -0.4 is 0 Å². The van der Waals surface area contributed by atoms with E-state index in [4.69, 9.17) is 18.9 Å². The Morgan fingerprint density at radius 1 is 0.684 bits per heavy atom. The second-order valence-electron chi connectivity index (χ2n) is 5.56. The summed E-state index contributed by atoms with van der Waals surface area (Å²) in [6.45, 7) is 10.6. The maximum Gasteiger partial charge on any atom is 0.0637 e. The van der Waals surface area contributed by atoms with E-state index in [0.29, 0.717) is 26.4 Å². The van der Waals surface area contributed by atoms with Gasteiger partial charge in [-0.2, -0.15) is 27.7 Å². The molecule has 4 nitrogen and oxygen atoms in total. The molecule has 106 valence electrons. The van der Waals surface area contributed by atoms with Gasteiger partial charge in [0.15, 0.2) is 0 Å². The van der Waals surface area contributed by atoms with E-state index in [1.807, 2.05) is 27.7 Å². The first-order chi connectivity index (χ1) is 8.02. The molecule has 0 bridgehead atoms. The van der Waals surface area contributed by atoms with Crippen LogP contribution in [0.2, 0.25) is 0 Å². The Morgan fingerprint density at radius 2 is 0.947 bits per heavy atom. The largest absolute Gasteiger partial charge is 0.382 e. The third kappa shape index (κ3) is 5.63. The summed E-state index contributed by atoms with van der Waals surface area (Å²) < 4.78 is 22.8. The molecular weight excluding hydrogens is 398 g/mol. The molecule has 2 radical (unpaired) electrons. The fourth-order valence-electron chi connectivity index (χ4n) is 2.02. The fraction of sp³-hybridized carbons (Fsp3) is 0.846. The Bertz CT molecular complexity index is 216. The first-order valence-corrected chi connectivity index (χ1v) is 6.09. The van der Waals surface area contributed by atoms with Crippen molar-refractivity contribution in [2.75, 3.05) is 26.4 Å². The van der Waals surface area contributed by atoms with Crippen LogP contribution >= 0.6 is 0 Å². The number of hydrogen-bond donors (Lipinski definition) is 0. The van der Waals surface area contributed by atoms with Crippen molar-refractivity contribution in [3.05, 3.63) is 11.8 Å². The second kappa shape index (κ2) is 9.25. The summed E-state index contributed by atoms with van der Waals surface area (Å²) in [6, 6.07) is 0. The van der Waals surface area contributed by atoms with Crippen molar-refractivity contribution in [1.82, 2.24) is 0 Å². The van der Waals surface area contributed by atoms with Gasteiger partial charge in [0.25, 0.3) is 0 Å². The van der Waals surface area contributed by atoms with Crippen molar-refractivity contribution >= 4 is 0 Å². The molecule has 0 N–H and O–H groups in total. The van der Waals surface area contributed by atoms with Crippen LogP contribution in [0.4, 0.5) is 0 Å². The summed E-state index contributed by atoms with van der Waals surface area (Å²) in [5.74, 6) is 2.29. The molecule has 2 aliphatic heterocycles. The van der Waals surface area contributed by atoms with Crippen molar-refractivity contribution < 1.29 is 84.4 Å². The zero-order valence-corrected chi connectivity index (χ0v) is 17.9. The van der Waals surface area contributed by atoms with Crippen molar-refractivity contribution in [3.63, 3.8) is 0 Å². The molecule has 0 saturated carbocycles. The van der Waals surface area contributed by atoms with E-state index in [9.17, 15) is 0 Å². The molecule has 0 unspecified atom stereocenters. The maximum absolute atomic E-state index is 5.70. The summed E-state index contributed by atoms with van der Waals surface area (Å²) in [7, 11) is 0. The third-order valence-corrected chi connectivity index (χ3v) is 3.11. The molecule has 0 atom stereocenters. The van der Waals surface area contributed by atoms with Gasteiger partial charge in [0.2, 0.25) is 0 Å². The maximum atomic E-state index is 5.70. The molecule has 2 aliphatic rings. The zero-order chi connectivity index (χ0) is 12.5. The summed E-state index contributed by atoms with van der Waals surface area (Å²) in [5, 5.41) is 0. The van der Waals surface area contributed by atoms with Crippen LogP contribution in [0, 0.1) is 17.3 Å². The van der Waals surface area contributed by atoms with E-state index in [-0.39, 0.29) is 83.4 Å². The van der Waals surface area contributed by atoms with Gasteiger partial charge < -0.3 is 18.9 Å². The van der Waals surface area contributed by atoms with Crippen molar-refractivity contribution in [2.45, 2.75) is 40.3 Å². The van der Waals surface area contributed by atoms with Crippen molar-refractivity contribution in [3.8, 4) is 0 Å². The molecule has 1 spiro atoms. The van der Waals surface area contributed by atoms with Gasteiger partial charge in [0.05, 0.1) is 31.8 Å². The van der Waals surface area contributed by atoms with E-state index in [1.165, 1.54) is 0 Å². The van der Waals surface area contributed by atoms with Crippen molar-refractivity contribution in [2.24, 2.45) is 5.41 Å². The fourth-order valence-corrected chi connectivity index (χ4v) is 2.02. The molecule has 19 heavy (non-hydrogen) atoms. The predicted molar refractivity (Wildman–Crippen MR) is 63.0 cm³/mol.